The van der Waals surface area contributed by atoms with Gasteiger partial charge in [-0.1, -0.05) is 101 Å². The van der Waals surface area contributed by atoms with Crippen LogP contribution in [0.1, 0.15) is 76.3 Å². The molecule has 1 atom stereocenters. The Hall–Kier alpha value is -2.95. The van der Waals surface area contributed by atoms with Gasteiger partial charge in [0.2, 0.25) is 12.1 Å². The first-order valence-corrected chi connectivity index (χ1v) is 12.4. The van der Waals surface area contributed by atoms with Crippen molar-refractivity contribution in [2.75, 3.05) is 11.9 Å². The molecule has 176 valence electrons. The van der Waals surface area contributed by atoms with Crippen LogP contribution in [0.2, 0.25) is 0 Å². The topological polar surface area (TPSA) is 61.8 Å². The second-order valence-corrected chi connectivity index (χ2v) is 8.86. The minimum absolute atomic E-state index is 0.0592. The lowest BCUT2D eigenvalue weighted by atomic mass is 9.94. The van der Waals surface area contributed by atoms with E-state index in [0.29, 0.717) is 0 Å². The van der Waals surface area contributed by atoms with Gasteiger partial charge in [0.25, 0.3) is 5.91 Å². The van der Waals surface area contributed by atoms with Crippen molar-refractivity contribution in [2.45, 2.75) is 71.4 Å². The van der Waals surface area contributed by atoms with E-state index in [4.69, 9.17) is 4.99 Å². The molecule has 2 aromatic rings. The number of nitrogens with zero attached hydrogens (tertiary/aromatic N) is 2. The zero-order valence-corrected chi connectivity index (χ0v) is 20.2. The van der Waals surface area contributed by atoms with Gasteiger partial charge >= 0.3 is 0 Å². The molecule has 5 nitrogen and oxygen atoms in total. The standard InChI is InChI=1S/C28H37N3O2/c1-4-6-9-17-22(18-10-7-5-2)27(32)30-26-28(33)31(3)24-20-14-13-19-23(24)25(29-26)21-15-11-8-12-16-21/h8,11-16,19-20,22,26H,4-7,9-10,17-18H2,1-3H3,(H,30,32). The van der Waals surface area contributed by atoms with Gasteiger partial charge in [-0.05, 0) is 18.9 Å². The molecule has 1 heterocycles. The van der Waals surface area contributed by atoms with E-state index in [-0.39, 0.29) is 17.7 Å². The first-order valence-electron chi connectivity index (χ1n) is 12.4. The number of unbranched alkanes of at least 4 members (excludes halogenated alkanes) is 4. The minimum atomic E-state index is -0.940. The summed E-state index contributed by atoms with van der Waals surface area (Å²) in [4.78, 5) is 33.1. The Kier molecular flexibility index (Phi) is 9.23. The summed E-state index contributed by atoms with van der Waals surface area (Å²) >= 11 is 0. The summed E-state index contributed by atoms with van der Waals surface area (Å²) in [5, 5.41) is 3.01. The predicted octanol–water partition coefficient (Wildman–Crippen LogP) is 5.72. The van der Waals surface area contributed by atoms with E-state index >= 15 is 0 Å². The second-order valence-electron chi connectivity index (χ2n) is 8.86. The second kappa shape index (κ2) is 12.3. The summed E-state index contributed by atoms with van der Waals surface area (Å²) in [5.74, 6) is -0.360. The van der Waals surface area contributed by atoms with Crippen LogP contribution in [-0.2, 0) is 9.59 Å². The number of likely N-dealkylation sites (N-methyl/N-ethyl adjacent to an activating group) is 1. The normalized spacial score (nSPS) is 15.8. The molecule has 0 saturated carbocycles. The third-order valence-electron chi connectivity index (χ3n) is 6.35. The SMILES string of the molecule is CCCCCC(CCCCC)C(=O)NC1N=C(c2ccccc2)c2ccccc2N(C)C1=O. The van der Waals surface area contributed by atoms with Crippen LogP contribution < -0.4 is 10.2 Å². The number of benzene rings is 2. The number of amides is 2. The Morgan fingerprint density at radius 1 is 0.939 bits per heavy atom. The first kappa shape index (κ1) is 24.7. The predicted molar refractivity (Wildman–Crippen MR) is 136 cm³/mol. The first-order chi connectivity index (χ1) is 16.1. The lowest BCUT2D eigenvalue weighted by Gasteiger charge is -2.23. The average molecular weight is 448 g/mol. The minimum Gasteiger partial charge on any atom is -0.326 e. The highest BCUT2D eigenvalue weighted by atomic mass is 16.2. The van der Waals surface area contributed by atoms with E-state index in [0.717, 1.165) is 73.9 Å². The number of fused-ring (bicyclic) bond motifs is 1. The quantitative estimate of drug-likeness (QED) is 0.448. The third-order valence-corrected chi connectivity index (χ3v) is 6.35. The van der Waals surface area contributed by atoms with Crippen molar-refractivity contribution in [1.82, 2.24) is 5.32 Å². The maximum atomic E-state index is 13.4. The lowest BCUT2D eigenvalue weighted by Crippen LogP contribution is -2.47. The lowest BCUT2D eigenvalue weighted by molar-refractivity contribution is -0.130. The van der Waals surface area contributed by atoms with Crippen molar-refractivity contribution in [2.24, 2.45) is 10.9 Å². The van der Waals surface area contributed by atoms with Crippen molar-refractivity contribution < 1.29 is 9.59 Å². The van der Waals surface area contributed by atoms with E-state index in [1.165, 1.54) is 0 Å². The van der Waals surface area contributed by atoms with Crippen molar-refractivity contribution in [1.29, 1.82) is 0 Å². The summed E-state index contributed by atoms with van der Waals surface area (Å²) in [5.41, 5.74) is 3.33. The fraction of sp³-hybridized carbons (Fsp3) is 0.464. The maximum absolute atomic E-state index is 13.4. The van der Waals surface area contributed by atoms with E-state index in [9.17, 15) is 9.59 Å². The highest BCUT2D eigenvalue weighted by molar-refractivity contribution is 6.20. The van der Waals surface area contributed by atoms with E-state index < -0.39 is 6.17 Å². The molecule has 0 aliphatic carbocycles. The van der Waals surface area contributed by atoms with Crippen molar-refractivity contribution in [3.05, 3.63) is 65.7 Å². The molecule has 1 aliphatic rings. The van der Waals surface area contributed by atoms with Gasteiger partial charge in [-0.2, -0.15) is 0 Å². The number of rotatable bonds is 11. The summed E-state index contributed by atoms with van der Waals surface area (Å²) in [6.07, 6.45) is 7.32. The van der Waals surface area contributed by atoms with Gasteiger partial charge in [-0.3, -0.25) is 9.59 Å². The van der Waals surface area contributed by atoms with Crippen LogP contribution in [0.5, 0.6) is 0 Å². The molecule has 1 aliphatic heterocycles. The van der Waals surface area contributed by atoms with Crippen LogP contribution in [0, 0.1) is 5.92 Å². The van der Waals surface area contributed by atoms with Crippen molar-refractivity contribution in [3.63, 3.8) is 0 Å². The summed E-state index contributed by atoms with van der Waals surface area (Å²) in [6.45, 7) is 4.34. The van der Waals surface area contributed by atoms with Crippen LogP contribution in [0.3, 0.4) is 0 Å². The van der Waals surface area contributed by atoms with Gasteiger partial charge < -0.3 is 10.2 Å². The van der Waals surface area contributed by atoms with Gasteiger partial charge in [0.1, 0.15) is 0 Å². The van der Waals surface area contributed by atoms with Crippen molar-refractivity contribution in [3.8, 4) is 0 Å². The zero-order valence-electron chi connectivity index (χ0n) is 20.2. The van der Waals surface area contributed by atoms with Crippen LogP contribution >= 0.6 is 0 Å². The monoisotopic (exact) mass is 447 g/mol. The van der Waals surface area contributed by atoms with Gasteiger partial charge in [-0.15, -0.1) is 0 Å². The molecule has 0 radical (unpaired) electrons. The van der Waals surface area contributed by atoms with Gasteiger partial charge in [0, 0.05) is 24.1 Å². The highest BCUT2D eigenvalue weighted by Crippen LogP contribution is 2.27. The summed E-state index contributed by atoms with van der Waals surface area (Å²) < 4.78 is 0. The molecular formula is C28H37N3O2. The summed E-state index contributed by atoms with van der Waals surface area (Å²) in [7, 11) is 1.75. The number of carbonyl (C=O) groups is 2. The fourth-order valence-corrected chi connectivity index (χ4v) is 4.38. The number of aliphatic imine (C=N–C) groups is 1. The Labute approximate surface area is 198 Å². The molecule has 2 aromatic carbocycles. The molecule has 2 amide bonds. The van der Waals surface area contributed by atoms with E-state index in [2.05, 4.69) is 19.2 Å². The van der Waals surface area contributed by atoms with Crippen LogP contribution in [-0.4, -0.2) is 30.7 Å². The Morgan fingerprint density at radius 3 is 2.18 bits per heavy atom. The molecule has 5 heteroatoms. The van der Waals surface area contributed by atoms with Crippen LogP contribution in [0.25, 0.3) is 0 Å². The number of para-hydroxylation sites is 1. The number of carbonyl (C=O) groups excluding carboxylic acids is 2. The maximum Gasteiger partial charge on any atom is 0.272 e. The average Bonchev–Trinajstić information content (AvgIpc) is 2.94. The Balaban J connectivity index is 1.90. The van der Waals surface area contributed by atoms with E-state index in [1.807, 2.05) is 54.6 Å². The van der Waals surface area contributed by atoms with Crippen LogP contribution in [0.15, 0.2) is 59.6 Å². The highest BCUT2D eigenvalue weighted by Gasteiger charge is 2.32. The molecule has 1 N–H and O–H groups in total. The molecule has 3 rings (SSSR count). The van der Waals surface area contributed by atoms with Gasteiger partial charge in [0.15, 0.2) is 0 Å². The molecule has 0 fully saturated rings. The number of nitrogens with one attached hydrogen (secondary N) is 1. The molecule has 0 spiro atoms. The molecule has 0 bridgehead atoms. The zero-order chi connectivity index (χ0) is 23.6. The molecule has 0 aromatic heterocycles. The largest absolute Gasteiger partial charge is 0.326 e. The van der Waals surface area contributed by atoms with Crippen molar-refractivity contribution >= 4 is 23.2 Å². The van der Waals surface area contributed by atoms with Gasteiger partial charge in [0.05, 0.1) is 11.4 Å². The number of anilines is 1. The third kappa shape index (κ3) is 6.31. The summed E-state index contributed by atoms with van der Waals surface area (Å²) in [6, 6.07) is 17.6. The molecule has 0 saturated heterocycles. The number of hydrogen-bond acceptors (Lipinski definition) is 3. The number of hydrogen-bond donors (Lipinski definition) is 1. The number of benzodiazepines with no additional fused rings is 1. The Morgan fingerprint density at radius 2 is 1.55 bits per heavy atom. The molecular weight excluding hydrogens is 410 g/mol. The Bertz CT molecular complexity index is 945. The molecule has 33 heavy (non-hydrogen) atoms. The van der Waals surface area contributed by atoms with Gasteiger partial charge in [-0.25, -0.2) is 4.99 Å². The molecule has 1 unspecified atom stereocenters. The van der Waals surface area contributed by atoms with Crippen LogP contribution in [0.4, 0.5) is 5.69 Å². The van der Waals surface area contributed by atoms with E-state index in [1.54, 1.807) is 11.9 Å². The smallest absolute Gasteiger partial charge is 0.272 e. The fourth-order valence-electron chi connectivity index (χ4n) is 4.38.